The van der Waals surface area contributed by atoms with Crippen molar-refractivity contribution in [3.05, 3.63) is 59.7 Å². The third-order valence-electron chi connectivity index (χ3n) is 5.02. The first-order valence-corrected chi connectivity index (χ1v) is 9.36. The fourth-order valence-corrected chi connectivity index (χ4v) is 3.69. The minimum absolute atomic E-state index is 0.100. The number of benzene rings is 2. The molecule has 0 bridgehead atoms. The number of hydrogen-bond donors (Lipinski definition) is 3. The van der Waals surface area contributed by atoms with Crippen molar-refractivity contribution >= 4 is 12.1 Å². The highest BCUT2D eigenvalue weighted by Gasteiger charge is 2.41. The Morgan fingerprint density at radius 1 is 1.07 bits per heavy atom. The summed E-state index contributed by atoms with van der Waals surface area (Å²) in [6.45, 7) is 1.93. The number of fused-ring (bicyclic) bond motifs is 3. The molecule has 8 nitrogen and oxygen atoms in total. The highest BCUT2D eigenvalue weighted by molar-refractivity contribution is 5.79. The predicted octanol–water partition coefficient (Wildman–Crippen LogP) is 2.96. The fourth-order valence-electron chi connectivity index (χ4n) is 3.69. The summed E-state index contributed by atoms with van der Waals surface area (Å²) in [6, 6.07) is 15.9. The first kappa shape index (κ1) is 20.8. The maximum absolute atomic E-state index is 12.7. The zero-order valence-corrected chi connectivity index (χ0v) is 16.0. The fraction of sp³-hybridized carbons (Fsp3) is 0.333. The molecule has 3 rings (SSSR count). The summed E-state index contributed by atoms with van der Waals surface area (Å²) in [7, 11) is 0. The van der Waals surface area contributed by atoms with E-state index in [1.54, 1.807) is 0 Å². The van der Waals surface area contributed by atoms with Crippen LogP contribution in [0.1, 0.15) is 36.8 Å². The Morgan fingerprint density at radius 2 is 1.62 bits per heavy atom. The first-order chi connectivity index (χ1) is 13.8. The molecule has 1 unspecified atom stereocenters. The summed E-state index contributed by atoms with van der Waals surface area (Å²) in [5.74, 6) is -4.03. The smallest absolute Gasteiger partial charge is 0.464 e. The van der Waals surface area contributed by atoms with Crippen LogP contribution in [0.4, 0.5) is 4.79 Å². The van der Waals surface area contributed by atoms with Crippen LogP contribution in [0.3, 0.4) is 0 Å². The monoisotopic (exact) mass is 400 g/mol. The minimum Gasteiger partial charge on any atom is -0.464 e. The van der Waals surface area contributed by atoms with E-state index in [0.717, 1.165) is 22.3 Å². The van der Waals surface area contributed by atoms with Gasteiger partial charge in [0.1, 0.15) is 12.5 Å². The molecule has 1 aliphatic carbocycles. The SMILES string of the molecule is CCCC(C(=O)OCC1c2ccccc2-c2ccccc21)C(N)(N)OOC(=O)O. The Morgan fingerprint density at radius 3 is 2.14 bits per heavy atom. The van der Waals surface area contributed by atoms with E-state index in [-0.39, 0.29) is 18.9 Å². The highest BCUT2D eigenvalue weighted by Crippen LogP contribution is 2.44. The largest absolute Gasteiger partial charge is 0.538 e. The van der Waals surface area contributed by atoms with Crippen molar-refractivity contribution in [3.63, 3.8) is 0 Å². The highest BCUT2D eigenvalue weighted by atomic mass is 17.2. The standard InChI is InChI=1S/C21H24N2O6/c1-2-7-18(21(22,23)29-28-20(25)26)19(24)27-12-17-15-10-5-3-8-13(15)14-9-4-6-11-16(14)17/h3-6,8-11,17-18H,2,7,12,22-23H2,1H3,(H,25,26). The van der Waals surface area contributed by atoms with Gasteiger partial charge in [-0.2, -0.15) is 0 Å². The van der Waals surface area contributed by atoms with Gasteiger partial charge in [0.15, 0.2) is 0 Å². The number of nitrogens with two attached hydrogens (primary N) is 2. The lowest BCUT2D eigenvalue weighted by Crippen LogP contribution is -2.60. The van der Waals surface area contributed by atoms with Crippen molar-refractivity contribution in [3.8, 4) is 11.1 Å². The molecule has 8 heteroatoms. The van der Waals surface area contributed by atoms with E-state index in [4.69, 9.17) is 21.3 Å². The van der Waals surface area contributed by atoms with Crippen LogP contribution in [0, 0.1) is 5.92 Å². The van der Waals surface area contributed by atoms with Crippen LogP contribution >= 0.6 is 0 Å². The summed E-state index contributed by atoms with van der Waals surface area (Å²) in [5, 5.41) is 8.59. The molecule has 0 fully saturated rings. The molecule has 2 aromatic rings. The average Bonchev–Trinajstić information content (AvgIpc) is 3.02. The van der Waals surface area contributed by atoms with Gasteiger partial charge in [-0.15, -0.1) is 4.89 Å². The number of rotatable bonds is 8. The van der Waals surface area contributed by atoms with Gasteiger partial charge in [0, 0.05) is 5.92 Å². The van der Waals surface area contributed by atoms with Gasteiger partial charge in [-0.05, 0) is 28.7 Å². The molecule has 0 saturated heterocycles. The molecule has 0 saturated carbocycles. The van der Waals surface area contributed by atoms with Crippen molar-refractivity contribution in [2.24, 2.45) is 17.4 Å². The van der Waals surface area contributed by atoms with E-state index < -0.39 is 23.9 Å². The van der Waals surface area contributed by atoms with Gasteiger partial charge in [-0.25, -0.2) is 4.79 Å². The molecule has 5 N–H and O–H groups in total. The van der Waals surface area contributed by atoms with Crippen LogP contribution in [-0.2, 0) is 19.3 Å². The summed E-state index contributed by atoms with van der Waals surface area (Å²) in [5.41, 5.74) is 16.0. The van der Waals surface area contributed by atoms with Crippen molar-refractivity contribution in [1.82, 2.24) is 0 Å². The van der Waals surface area contributed by atoms with Crippen molar-refractivity contribution in [2.75, 3.05) is 6.61 Å². The molecule has 0 amide bonds. The Hall–Kier alpha value is -2.94. The summed E-state index contributed by atoms with van der Waals surface area (Å²) >= 11 is 0. The van der Waals surface area contributed by atoms with Crippen molar-refractivity contribution in [2.45, 2.75) is 31.5 Å². The number of ether oxygens (including phenoxy) is 1. The van der Waals surface area contributed by atoms with E-state index in [9.17, 15) is 9.59 Å². The number of carboxylic acid groups (broad SMARTS) is 1. The summed E-state index contributed by atoms with van der Waals surface area (Å²) < 4.78 is 5.57. The van der Waals surface area contributed by atoms with Crippen LogP contribution in [0.15, 0.2) is 48.5 Å². The number of carbonyl (C=O) groups excluding carboxylic acids is 1. The van der Waals surface area contributed by atoms with Gasteiger partial charge < -0.3 is 9.84 Å². The molecule has 0 heterocycles. The minimum atomic E-state index is -2.14. The van der Waals surface area contributed by atoms with E-state index in [1.807, 2.05) is 55.5 Å². The molecular weight excluding hydrogens is 376 g/mol. The van der Waals surface area contributed by atoms with Crippen LogP contribution in [0.5, 0.6) is 0 Å². The third kappa shape index (κ3) is 4.40. The van der Waals surface area contributed by atoms with Gasteiger partial charge in [0.05, 0.1) is 0 Å². The molecule has 1 aliphatic rings. The number of carbonyl (C=O) groups is 2. The quantitative estimate of drug-likeness (QED) is 0.266. The van der Waals surface area contributed by atoms with Crippen LogP contribution in [0.2, 0.25) is 0 Å². The molecule has 0 radical (unpaired) electrons. The topological polar surface area (TPSA) is 134 Å². The Balaban J connectivity index is 1.76. The van der Waals surface area contributed by atoms with E-state index in [2.05, 4.69) is 9.78 Å². The summed E-state index contributed by atoms with van der Waals surface area (Å²) in [6.07, 6.45) is -0.915. The third-order valence-corrected chi connectivity index (χ3v) is 5.02. The Bertz CT molecular complexity index is 853. The van der Waals surface area contributed by atoms with Gasteiger partial charge in [0.2, 0.25) is 5.85 Å². The zero-order valence-electron chi connectivity index (χ0n) is 16.0. The van der Waals surface area contributed by atoms with E-state index in [0.29, 0.717) is 6.42 Å². The van der Waals surface area contributed by atoms with E-state index in [1.165, 1.54) is 0 Å². The second-order valence-corrected chi connectivity index (χ2v) is 6.98. The maximum atomic E-state index is 12.7. The molecule has 154 valence electrons. The Kier molecular flexibility index (Phi) is 6.17. The molecule has 0 spiro atoms. The second-order valence-electron chi connectivity index (χ2n) is 6.98. The number of esters is 1. The summed E-state index contributed by atoms with van der Waals surface area (Å²) in [4.78, 5) is 31.9. The van der Waals surface area contributed by atoms with Crippen molar-refractivity contribution < 1.29 is 29.2 Å². The zero-order chi connectivity index (χ0) is 21.0. The van der Waals surface area contributed by atoms with Gasteiger partial charge in [-0.3, -0.25) is 21.1 Å². The van der Waals surface area contributed by atoms with E-state index >= 15 is 0 Å². The normalized spacial score (nSPS) is 14.0. The molecule has 0 aromatic heterocycles. The Labute approximate surface area is 168 Å². The number of hydrogen-bond acceptors (Lipinski definition) is 7. The molecule has 1 atom stereocenters. The van der Waals surface area contributed by atoms with Gasteiger partial charge in [0.25, 0.3) is 0 Å². The van der Waals surface area contributed by atoms with Crippen LogP contribution in [-0.4, -0.2) is 29.7 Å². The van der Waals surface area contributed by atoms with Crippen LogP contribution < -0.4 is 11.5 Å². The maximum Gasteiger partial charge on any atom is 0.538 e. The average molecular weight is 400 g/mol. The predicted molar refractivity (Wildman–Crippen MR) is 104 cm³/mol. The molecule has 0 aliphatic heterocycles. The molecule has 2 aromatic carbocycles. The van der Waals surface area contributed by atoms with Gasteiger partial charge >= 0.3 is 12.1 Å². The first-order valence-electron chi connectivity index (χ1n) is 9.36. The lowest BCUT2D eigenvalue weighted by atomic mass is 9.96. The molecular formula is C21H24N2O6. The lowest BCUT2D eigenvalue weighted by Gasteiger charge is -2.29. The van der Waals surface area contributed by atoms with Gasteiger partial charge in [-0.1, -0.05) is 61.9 Å². The van der Waals surface area contributed by atoms with Crippen LogP contribution in [0.25, 0.3) is 11.1 Å². The lowest BCUT2D eigenvalue weighted by molar-refractivity contribution is -0.335. The van der Waals surface area contributed by atoms with Crippen molar-refractivity contribution in [1.29, 1.82) is 0 Å². The molecule has 29 heavy (non-hydrogen) atoms. The second kappa shape index (κ2) is 8.60.